The molecule has 0 atom stereocenters. The molecule has 0 saturated carbocycles. The van der Waals surface area contributed by atoms with Gasteiger partial charge in [0.05, 0.1) is 29.9 Å². The maximum absolute atomic E-state index is 13.2. The second-order valence-corrected chi connectivity index (χ2v) is 11.0. The van der Waals surface area contributed by atoms with E-state index in [9.17, 15) is 13.2 Å². The number of hydrogen-bond donors (Lipinski definition) is 1. The van der Waals surface area contributed by atoms with Gasteiger partial charge in [-0.1, -0.05) is 23.7 Å². The van der Waals surface area contributed by atoms with E-state index in [2.05, 4.69) is 21.4 Å². The zero-order valence-corrected chi connectivity index (χ0v) is 20.2. The van der Waals surface area contributed by atoms with E-state index in [1.54, 1.807) is 47.6 Å². The van der Waals surface area contributed by atoms with E-state index < -0.39 is 10.0 Å². The number of amides is 1. The number of anilines is 1. The minimum absolute atomic E-state index is 0.173. The number of carbonyl (C=O) groups is 1. The van der Waals surface area contributed by atoms with Gasteiger partial charge in [-0.05, 0) is 60.0 Å². The molecule has 1 N–H and O–H groups in total. The molecular weight excluding hydrogens is 474 g/mol. The predicted octanol–water partition coefficient (Wildman–Crippen LogP) is 2.89. The number of nitrogens with zero attached hydrogens (tertiary/aromatic N) is 4. The van der Waals surface area contributed by atoms with Crippen LogP contribution in [0.5, 0.6) is 0 Å². The predicted molar refractivity (Wildman–Crippen MR) is 132 cm³/mol. The normalized spacial score (nSPS) is 18.6. The minimum Gasteiger partial charge on any atom is -0.370 e. The fourth-order valence-electron chi connectivity index (χ4n) is 4.53. The van der Waals surface area contributed by atoms with E-state index in [0.717, 1.165) is 42.4 Å². The highest BCUT2D eigenvalue weighted by Gasteiger charge is 2.34. The average Bonchev–Trinajstić information content (AvgIpc) is 2.86. The number of piperidine rings is 1. The number of sulfonamides is 1. The van der Waals surface area contributed by atoms with Gasteiger partial charge in [0, 0.05) is 36.9 Å². The van der Waals surface area contributed by atoms with Crippen LogP contribution in [0.25, 0.3) is 10.8 Å². The van der Waals surface area contributed by atoms with Crippen molar-refractivity contribution < 1.29 is 13.2 Å². The van der Waals surface area contributed by atoms with Gasteiger partial charge in [-0.25, -0.2) is 13.8 Å². The molecule has 3 aromatic rings. The van der Waals surface area contributed by atoms with Gasteiger partial charge in [0.25, 0.3) is 5.91 Å². The molecule has 10 heteroatoms. The molecule has 2 aliphatic heterocycles. The number of hydrazine groups is 1. The van der Waals surface area contributed by atoms with Gasteiger partial charge >= 0.3 is 0 Å². The van der Waals surface area contributed by atoms with Crippen LogP contribution in [0.3, 0.4) is 0 Å². The van der Waals surface area contributed by atoms with Gasteiger partial charge in [-0.15, -0.1) is 0 Å². The summed E-state index contributed by atoms with van der Waals surface area (Å²) in [5.74, 6) is -0.239. The van der Waals surface area contributed by atoms with Crippen LogP contribution in [0, 0.1) is 0 Å². The maximum Gasteiger partial charge on any atom is 0.252 e. The third kappa shape index (κ3) is 4.74. The number of carbonyl (C=O) groups excluding carboxylic acids is 1. The van der Waals surface area contributed by atoms with Crippen molar-refractivity contribution in [1.82, 2.24) is 19.7 Å². The van der Waals surface area contributed by atoms with Crippen LogP contribution in [-0.4, -0.2) is 67.4 Å². The van der Waals surface area contributed by atoms with Crippen molar-refractivity contribution in [3.05, 3.63) is 65.9 Å². The van der Waals surface area contributed by atoms with Gasteiger partial charge < -0.3 is 4.90 Å². The standard InChI is InChI=1S/C24H26ClN5O3S/c25-20-5-3-19-15-23(6-4-18(19)14-20)34(32,33)29-12-13-30(24(31)17-29)27-21-7-10-28(11-8-21)22-2-1-9-26-16-22/h1-6,9,14-16,21,27H,7-8,10-13,17H2. The van der Waals surface area contributed by atoms with Crippen LogP contribution < -0.4 is 10.3 Å². The average molecular weight is 500 g/mol. The van der Waals surface area contributed by atoms with E-state index >= 15 is 0 Å². The molecule has 1 aromatic heterocycles. The number of fused-ring (bicyclic) bond motifs is 1. The number of benzene rings is 2. The second kappa shape index (κ2) is 9.50. The van der Waals surface area contributed by atoms with Crippen molar-refractivity contribution in [2.45, 2.75) is 23.8 Å². The summed E-state index contributed by atoms with van der Waals surface area (Å²) in [5.41, 5.74) is 4.43. The summed E-state index contributed by atoms with van der Waals surface area (Å²) in [4.78, 5) is 19.5. The number of aromatic nitrogens is 1. The second-order valence-electron chi connectivity index (χ2n) is 8.64. The lowest BCUT2D eigenvalue weighted by Gasteiger charge is -2.39. The summed E-state index contributed by atoms with van der Waals surface area (Å²) in [5, 5.41) is 3.83. The molecule has 0 radical (unpaired) electrons. The summed E-state index contributed by atoms with van der Waals surface area (Å²) in [6, 6.07) is 14.4. The summed E-state index contributed by atoms with van der Waals surface area (Å²) in [7, 11) is -3.78. The van der Waals surface area contributed by atoms with Crippen LogP contribution in [0.15, 0.2) is 65.8 Å². The van der Waals surface area contributed by atoms with E-state index in [-0.39, 0.29) is 29.9 Å². The SMILES string of the molecule is O=C1CN(S(=O)(=O)c2ccc3cc(Cl)ccc3c2)CCN1NC1CCN(c2cccnc2)CC1. The largest absolute Gasteiger partial charge is 0.370 e. The molecule has 0 aliphatic carbocycles. The number of hydrogen-bond acceptors (Lipinski definition) is 6. The van der Waals surface area contributed by atoms with Crippen molar-refractivity contribution in [2.75, 3.05) is 37.6 Å². The number of nitrogens with one attached hydrogen (secondary N) is 1. The molecule has 5 rings (SSSR count). The molecule has 0 bridgehead atoms. The Kier molecular flexibility index (Phi) is 6.44. The van der Waals surface area contributed by atoms with Crippen LogP contribution in [0.2, 0.25) is 5.02 Å². The Morgan fingerprint density at radius 1 is 0.971 bits per heavy atom. The summed E-state index contributed by atoms with van der Waals surface area (Å²) < 4.78 is 27.7. The highest BCUT2D eigenvalue weighted by Crippen LogP contribution is 2.25. The Hall–Kier alpha value is -2.72. The Morgan fingerprint density at radius 2 is 1.74 bits per heavy atom. The van der Waals surface area contributed by atoms with E-state index in [4.69, 9.17) is 11.6 Å². The Balaban J connectivity index is 1.19. The Labute approximate surface area is 204 Å². The molecular formula is C24H26ClN5O3S. The lowest BCUT2D eigenvalue weighted by Crippen LogP contribution is -2.60. The first kappa shape index (κ1) is 23.0. The van der Waals surface area contributed by atoms with Crippen LogP contribution in [0.4, 0.5) is 5.69 Å². The number of pyridine rings is 1. The number of halogens is 1. The zero-order valence-electron chi connectivity index (χ0n) is 18.6. The summed E-state index contributed by atoms with van der Waals surface area (Å²) >= 11 is 6.03. The molecule has 2 aliphatic rings. The lowest BCUT2D eigenvalue weighted by atomic mass is 10.1. The van der Waals surface area contributed by atoms with Crippen molar-refractivity contribution in [2.24, 2.45) is 0 Å². The fourth-order valence-corrected chi connectivity index (χ4v) is 6.12. The van der Waals surface area contributed by atoms with Gasteiger partial charge in [0.15, 0.2) is 0 Å². The third-order valence-electron chi connectivity index (χ3n) is 6.44. The monoisotopic (exact) mass is 499 g/mol. The van der Waals surface area contributed by atoms with Gasteiger partial charge in [0.2, 0.25) is 10.0 Å². The van der Waals surface area contributed by atoms with E-state index in [1.807, 2.05) is 12.3 Å². The van der Waals surface area contributed by atoms with Crippen molar-refractivity contribution in [1.29, 1.82) is 0 Å². The minimum atomic E-state index is -3.78. The summed E-state index contributed by atoms with van der Waals surface area (Å²) in [6.07, 6.45) is 5.41. The lowest BCUT2D eigenvalue weighted by molar-refractivity contribution is -0.138. The zero-order chi connectivity index (χ0) is 23.7. The first-order chi connectivity index (χ1) is 16.4. The van der Waals surface area contributed by atoms with Gasteiger partial charge in [0.1, 0.15) is 0 Å². The fraction of sp³-hybridized carbons (Fsp3) is 0.333. The van der Waals surface area contributed by atoms with Crippen LogP contribution in [-0.2, 0) is 14.8 Å². The molecule has 2 saturated heterocycles. The third-order valence-corrected chi connectivity index (χ3v) is 8.52. The first-order valence-electron chi connectivity index (χ1n) is 11.3. The quantitative estimate of drug-likeness (QED) is 0.581. The first-order valence-corrected chi connectivity index (χ1v) is 13.1. The number of rotatable bonds is 5. The maximum atomic E-state index is 13.2. The molecule has 8 nitrogen and oxygen atoms in total. The van der Waals surface area contributed by atoms with E-state index in [0.29, 0.717) is 11.6 Å². The Bertz CT molecular complexity index is 1300. The Morgan fingerprint density at radius 3 is 2.47 bits per heavy atom. The molecule has 34 heavy (non-hydrogen) atoms. The molecule has 2 aromatic carbocycles. The van der Waals surface area contributed by atoms with Gasteiger partial charge in [-0.3, -0.25) is 14.8 Å². The van der Waals surface area contributed by atoms with Crippen LogP contribution in [0.1, 0.15) is 12.8 Å². The van der Waals surface area contributed by atoms with Crippen molar-refractivity contribution in [3.63, 3.8) is 0 Å². The number of piperazine rings is 1. The molecule has 2 fully saturated rings. The molecule has 0 spiro atoms. The molecule has 3 heterocycles. The molecule has 178 valence electrons. The van der Waals surface area contributed by atoms with Gasteiger partial charge in [-0.2, -0.15) is 4.31 Å². The van der Waals surface area contributed by atoms with Crippen molar-refractivity contribution >= 4 is 44.0 Å². The molecule has 0 unspecified atom stereocenters. The highest BCUT2D eigenvalue weighted by molar-refractivity contribution is 7.89. The smallest absolute Gasteiger partial charge is 0.252 e. The summed E-state index contributed by atoms with van der Waals surface area (Å²) in [6.45, 7) is 2.12. The van der Waals surface area contributed by atoms with E-state index in [1.165, 1.54) is 4.31 Å². The van der Waals surface area contributed by atoms with Crippen LogP contribution >= 0.6 is 11.6 Å². The molecule has 1 amide bonds. The topological polar surface area (TPSA) is 85.8 Å². The van der Waals surface area contributed by atoms with Crippen molar-refractivity contribution in [3.8, 4) is 0 Å². The highest BCUT2D eigenvalue weighted by atomic mass is 35.5.